The monoisotopic (exact) mass is 295 g/mol. The lowest BCUT2D eigenvalue weighted by atomic mass is 10.1. The highest BCUT2D eigenvalue weighted by Gasteiger charge is 2.19. The highest BCUT2D eigenvalue weighted by molar-refractivity contribution is 5.97. The number of para-hydroxylation sites is 1. The minimum atomic E-state index is -0.742. The van der Waals surface area contributed by atoms with Crippen molar-refractivity contribution in [2.24, 2.45) is 5.73 Å². The van der Waals surface area contributed by atoms with Gasteiger partial charge < -0.3 is 11.1 Å². The Labute approximate surface area is 128 Å². The van der Waals surface area contributed by atoms with Crippen molar-refractivity contribution >= 4 is 22.7 Å². The van der Waals surface area contributed by atoms with Crippen LogP contribution < -0.4 is 11.1 Å². The SMILES string of the molecule is C#CCCC[C@H](NC(=O)c1ccc2ccccc2n1)C(N)=O. The molecule has 0 saturated carbocycles. The Bertz CT molecular complexity index is 734. The molecule has 0 spiro atoms. The molecule has 0 aliphatic rings. The summed E-state index contributed by atoms with van der Waals surface area (Å²) in [7, 11) is 0. The molecular formula is C17H17N3O2. The number of pyridine rings is 1. The molecule has 0 bridgehead atoms. The van der Waals surface area contributed by atoms with Crippen LogP contribution in [0.25, 0.3) is 10.9 Å². The van der Waals surface area contributed by atoms with Crippen molar-refractivity contribution in [3.63, 3.8) is 0 Å². The van der Waals surface area contributed by atoms with Gasteiger partial charge >= 0.3 is 0 Å². The Morgan fingerprint density at radius 2 is 2.05 bits per heavy atom. The lowest BCUT2D eigenvalue weighted by Gasteiger charge is -2.14. The van der Waals surface area contributed by atoms with Crippen LogP contribution in [0, 0.1) is 12.3 Å². The number of aromatic nitrogens is 1. The van der Waals surface area contributed by atoms with Gasteiger partial charge in [-0.05, 0) is 25.0 Å². The molecule has 0 aliphatic heterocycles. The van der Waals surface area contributed by atoms with Gasteiger partial charge in [0.1, 0.15) is 11.7 Å². The maximum absolute atomic E-state index is 12.2. The van der Waals surface area contributed by atoms with Crippen molar-refractivity contribution in [2.45, 2.75) is 25.3 Å². The number of rotatable bonds is 6. The van der Waals surface area contributed by atoms with E-state index >= 15 is 0 Å². The van der Waals surface area contributed by atoms with Gasteiger partial charge in [0, 0.05) is 11.8 Å². The Morgan fingerprint density at radius 3 is 2.77 bits per heavy atom. The predicted molar refractivity (Wildman–Crippen MR) is 84.9 cm³/mol. The molecule has 0 saturated heterocycles. The molecule has 1 aromatic heterocycles. The summed E-state index contributed by atoms with van der Waals surface area (Å²) in [5.74, 6) is 1.49. The largest absolute Gasteiger partial charge is 0.368 e. The first-order chi connectivity index (χ1) is 10.6. The van der Waals surface area contributed by atoms with Gasteiger partial charge in [-0.15, -0.1) is 12.3 Å². The van der Waals surface area contributed by atoms with Crippen molar-refractivity contribution in [1.82, 2.24) is 10.3 Å². The van der Waals surface area contributed by atoms with Gasteiger partial charge in [0.15, 0.2) is 0 Å². The third-order valence-corrected chi connectivity index (χ3v) is 3.29. The average molecular weight is 295 g/mol. The van der Waals surface area contributed by atoms with E-state index in [1.807, 2.05) is 30.3 Å². The first kappa shape index (κ1) is 15.5. The predicted octanol–water partition coefficient (Wildman–Crippen LogP) is 1.62. The zero-order valence-electron chi connectivity index (χ0n) is 12.1. The summed E-state index contributed by atoms with van der Waals surface area (Å²) >= 11 is 0. The molecule has 0 unspecified atom stereocenters. The van der Waals surface area contributed by atoms with E-state index in [4.69, 9.17) is 12.2 Å². The Morgan fingerprint density at radius 1 is 1.27 bits per heavy atom. The van der Waals surface area contributed by atoms with Crippen LogP contribution >= 0.6 is 0 Å². The quantitative estimate of drug-likeness (QED) is 0.627. The van der Waals surface area contributed by atoms with Crippen LogP contribution in [0.15, 0.2) is 36.4 Å². The molecule has 5 heteroatoms. The number of nitrogens with two attached hydrogens (primary N) is 1. The molecular weight excluding hydrogens is 278 g/mol. The lowest BCUT2D eigenvalue weighted by molar-refractivity contribution is -0.120. The fourth-order valence-corrected chi connectivity index (χ4v) is 2.12. The molecule has 2 aromatic rings. The molecule has 0 radical (unpaired) electrons. The summed E-state index contributed by atoms with van der Waals surface area (Å²) in [4.78, 5) is 27.9. The van der Waals surface area contributed by atoms with E-state index in [0.717, 1.165) is 10.9 Å². The topological polar surface area (TPSA) is 85.1 Å². The molecule has 2 amide bonds. The summed E-state index contributed by atoms with van der Waals surface area (Å²) in [6, 6.07) is 10.2. The third kappa shape index (κ3) is 3.83. The summed E-state index contributed by atoms with van der Waals surface area (Å²) in [6.07, 6.45) is 6.74. The number of terminal acetylenes is 1. The van der Waals surface area contributed by atoms with Crippen molar-refractivity contribution in [3.8, 4) is 12.3 Å². The number of nitrogens with one attached hydrogen (secondary N) is 1. The van der Waals surface area contributed by atoms with Gasteiger partial charge in [-0.2, -0.15) is 0 Å². The van der Waals surface area contributed by atoms with Gasteiger partial charge in [0.2, 0.25) is 5.91 Å². The van der Waals surface area contributed by atoms with Crippen LogP contribution in [0.1, 0.15) is 29.8 Å². The fourth-order valence-electron chi connectivity index (χ4n) is 2.12. The van der Waals surface area contributed by atoms with Crippen LogP contribution in [0.5, 0.6) is 0 Å². The molecule has 0 fully saturated rings. The van der Waals surface area contributed by atoms with Crippen LogP contribution in [0.2, 0.25) is 0 Å². The molecule has 5 nitrogen and oxygen atoms in total. The molecule has 1 heterocycles. The Balaban J connectivity index is 2.11. The highest BCUT2D eigenvalue weighted by Crippen LogP contribution is 2.12. The molecule has 1 atom stereocenters. The first-order valence-corrected chi connectivity index (χ1v) is 7.01. The van der Waals surface area contributed by atoms with Gasteiger partial charge in [-0.25, -0.2) is 4.98 Å². The number of primary amides is 1. The van der Waals surface area contributed by atoms with Crippen LogP contribution in [-0.2, 0) is 4.79 Å². The normalized spacial score (nSPS) is 11.6. The molecule has 22 heavy (non-hydrogen) atoms. The van der Waals surface area contributed by atoms with E-state index < -0.39 is 17.9 Å². The first-order valence-electron chi connectivity index (χ1n) is 7.01. The van der Waals surface area contributed by atoms with Crippen LogP contribution in [-0.4, -0.2) is 22.8 Å². The van der Waals surface area contributed by atoms with Crippen molar-refractivity contribution < 1.29 is 9.59 Å². The second-order valence-electron chi connectivity index (χ2n) is 4.91. The minimum Gasteiger partial charge on any atom is -0.368 e. The maximum atomic E-state index is 12.2. The van der Waals surface area contributed by atoms with Gasteiger partial charge in [0.25, 0.3) is 5.91 Å². The smallest absolute Gasteiger partial charge is 0.270 e. The number of amides is 2. The lowest BCUT2D eigenvalue weighted by Crippen LogP contribution is -2.44. The molecule has 2 rings (SSSR count). The number of nitrogens with zero attached hydrogens (tertiary/aromatic N) is 1. The second-order valence-corrected chi connectivity index (χ2v) is 4.91. The highest BCUT2D eigenvalue weighted by atomic mass is 16.2. The zero-order valence-corrected chi connectivity index (χ0v) is 12.1. The van der Waals surface area contributed by atoms with E-state index in [9.17, 15) is 9.59 Å². The average Bonchev–Trinajstić information content (AvgIpc) is 2.53. The number of fused-ring (bicyclic) bond motifs is 1. The van der Waals surface area contributed by atoms with E-state index in [2.05, 4.69) is 16.2 Å². The van der Waals surface area contributed by atoms with Gasteiger partial charge in [-0.1, -0.05) is 24.3 Å². The van der Waals surface area contributed by atoms with Crippen LogP contribution in [0.3, 0.4) is 0 Å². The number of hydrogen-bond acceptors (Lipinski definition) is 3. The molecule has 3 N–H and O–H groups in total. The Hall–Kier alpha value is -2.87. The number of benzene rings is 1. The molecule has 0 aliphatic carbocycles. The molecule has 112 valence electrons. The third-order valence-electron chi connectivity index (χ3n) is 3.29. The Kier molecular flexibility index (Phi) is 5.10. The standard InChI is InChI=1S/C17H17N3O2/c1-2-3-4-9-14(16(18)21)20-17(22)15-11-10-12-7-5-6-8-13(12)19-15/h1,5-8,10-11,14H,3-4,9H2,(H2,18,21)(H,20,22)/t14-/m0/s1. The zero-order chi connectivity index (χ0) is 15.9. The second kappa shape index (κ2) is 7.23. The maximum Gasteiger partial charge on any atom is 0.270 e. The van der Waals surface area contributed by atoms with Gasteiger partial charge in [0.05, 0.1) is 5.52 Å². The summed E-state index contributed by atoms with van der Waals surface area (Å²) in [5.41, 5.74) is 6.28. The van der Waals surface area contributed by atoms with E-state index in [0.29, 0.717) is 19.3 Å². The van der Waals surface area contributed by atoms with Crippen LogP contribution in [0.4, 0.5) is 0 Å². The number of carbonyl (C=O) groups is 2. The molecule has 1 aromatic carbocycles. The number of hydrogen-bond donors (Lipinski definition) is 2. The summed E-state index contributed by atoms with van der Waals surface area (Å²) < 4.78 is 0. The van der Waals surface area contributed by atoms with Crippen molar-refractivity contribution in [3.05, 3.63) is 42.1 Å². The number of unbranched alkanes of at least 4 members (excludes halogenated alkanes) is 1. The fraction of sp³-hybridized carbons (Fsp3) is 0.235. The van der Waals surface area contributed by atoms with E-state index in [-0.39, 0.29) is 5.69 Å². The van der Waals surface area contributed by atoms with E-state index in [1.54, 1.807) is 6.07 Å². The van der Waals surface area contributed by atoms with Gasteiger partial charge in [-0.3, -0.25) is 9.59 Å². The van der Waals surface area contributed by atoms with Crippen molar-refractivity contribution in [1.29, 1.82) is 0 Å². The van der Waals surface area contributed by atoms with E-state index in [1.165, 1.54) is 0 Å². The summed E-state index contributed by atoms with van der Waals surface area (Å²) in [5, 5.41) is 3.56. The van der Waals surface area contributed by atoms with Crippen molar-refractivity contribution in [2.75, 3.05) is 0 Å². The summed E-state index contributed by atoms with van der Waals surface area (Å²) in [6.45, 7) is 0. The number of carbonyl (C=O) groups excluding carboxylic acids is 2. The minimum absolute atomic E-state index is 0.252.